The lowest BCUT2D eigenvalue weighted by Crippen LogP contribution is -2.22. The van der Waals surface area contributed by atoms with E-state index in [9.17, 15) is 0 Å². The van der Waals surface area contributed by atoms with E-state index in [0.717, 1.165) is 17.3 Å². The number of nitrogens with zero attached hydrogens (tertiary/aromatic N) is 1. The lowest BCUT2D eigenvalue weighted by Gasteiger charge is -2.16. The van der Waals surface area contributed by atoms with Crippen LogP contribution in [0.3, 0.4) is 0 Å². The second-order valence-electron chi connectivity index (χ2n) is 4.75. The molecule has 0 aromatic heterocycles. The van der Waals surface area contributed by atoms with E-state index in [4.69, 9.17) is 38.9 Å². The van der Waals surface area contributed by atoms with Crippen LogP contribution in [0.15, 0.2) is 21.8 Å². The van der Waals surface area contributed by atoms with Crippen molar-refractivity contribution >= 4 is 45.0 Å². The van der Waals surface area contributed by atoms with Gasteiger partial charge in [-0.25, -0.2) is 0 Å². The van der Waals surface area contributed by atoms with Crippen LogP contribution in [0.1, 0.15) is 19.3 Å². The highest BCUT2D eigenvalue weighted by atomic mass is 79.9. The molecule has 1 saturated carbocycles. The molecule has 3 N–H and O–H groups in total. The molecule has 1 aromatic rings. The van der Waals surface area contributed by atoms with Crippen LogP contribution in [0.2, 0.25) is 10.0 Å². The van der Waals surface area contributed by atoms with Gasteiger partial charge < -0.3 is 15.7 Å². The van der Waals surface area contributed by atoms with Crippen LogP contribution in [-0.4, -0.2) is 17.6 Å². The van der Waals surface area contributed by atoms with Crippen molar-refractivity contribution in [2.24, 2.45) is 16.3 Å². The van der Waals surface area contributed by atoms with Crippen LogP contribution < -0.4 is 10.5 Å². The SMILES string of the molecule is N/C(CC1(COc2cc(Cl)c(Br)cc2Cl)CC1)=N/O. The number of amidine groups is 1. The van der Waals surface area contributed by atoms with Crippen molar-refractivity contribution in [3.8, 4) is 5.75 Å². The summed E-state index contributed by atoms with van der Waals surface area (Å²) in [5, 5.41) is 12.6. The Bertz CT molecular complexity index is 519. The van der Waals surface area contributed by atoms with Crippen LogP contribution in [0.5, 0.6) is 5.75 Å². The predicted molar refractivity (Wildman–Crippen MR) is 79.3 cm³/mol. The Morgan fingerprint density at radius 2 is 2.11 bits per heavy atom. The molecule has 1 aliphatic carbocycles. The number of benzene rings is 1. The van der Waals surface area contributed by atoms with Gasteiger partial charge in [0, 0.05) is 22.4 Å². The quantitative estimate of drug-likeness (QED) is 0.271. The van der Waals surface area contributed by atoms with Crippen molar-refractivity contribution in [1.82, 2.24) is 0 Å². The average molecular weight is 368 g/mol. The first-order valence-electron chi connectivity index (χ1n) is 5.69. The van der Waals surface area contributed by atoms with Crippen molar-refractivity contribution in [2.75, 3.05) is 6.61 Å². The zero-order valence-electron chi connectivity index (χ0n) is 10.00. The Morgan fingerprint density at radius 1 is 1.42 bits per heavy atom. The summed E-state index contributed by atoms with van der Waals surface area (Å²) in [5.41, 5.74) is 5.49. The Balaban J connectivity index is 2.01. The van der Waals surface area contributed by atoms with Crippen LogP contribution >= 0.6 is 39.1 Å². The summed E-state index contributed by atoms with van der Waals surface area (Å²) >= 11 is 15.4. The molecule has 2 rings (SSSR count). The minimum absolute atomic E-state index is 0.0425. The van der Waals surface area contributed by atoms with E-state index in [2.05, 4.69) is 21.1 Å². The molecule has 7 heteroatoms. The van der Waals surface area contributed by atoms with Gasteiger partial charge in [-0.2, -0.15) is 0 Å². The monoisotopic (exact) mass is 366 g/mol. The maximum absolute atomic E-state index is 8.60. The number of halogens is 3. The minimum atomic E-state index is -0.0425. The Labute approximate surface area is 129 Å². The molecule has 0 aliphatic heterocycles. The highest BCUT2D eigenvalue weighted by molar-refractivity contribution is 9.10. The summed E-state index contributed by atoms with van der Waals surface area (Å²) in [5.74, 6) is 0.765. The second-order valence-corrected chi connectivity index (χ2v) is 6.42. The summed E-state index contributed by atoms with van der Waals surface area (Å²) in [6.45, 7) is 0.473. The zero-order chi connectivity index (χ0) is 14.0. The molecular weight excluding hydrogens is 355 g/mol. The van der Waals surface area contributed by atoms with Gasteiger partial charge in [-0.15, -0.1) is 0 Å². The molecule has 0 atom stereocenters. The molecule has 1 fully saturated rings. The lowest BCUT2D eigenvalue weighted by molar-refractivity contribution is 0.236. The third-order valence-electron chi connectivity index (χ3n) is 3.15. The normalized spacial score (nSPS) is 17.3. The number of rotatable bonds is 5. The van der Waals surface area contributed by atoms with E-state index in [-0.39, 0.29) is 11.3 Å². The highest BCUT2D eigenvalue weighted by Crippen LogP contribution is 2.49. The Morgan fingerprint density at radius 3 is 2.68 bits per heavy atom. The lowest BCUT2D eigenvalue weighted by atomic mass is 10.0. The molecule has 1 aromatic carbocycles. The fourth-order valence-electron chi connectivity index (χ4n) is 1.81. The maximum atomic E-state index is 8.60. The van der Waals surface area contributed by atoms with Crippen LogP contribution in [0, 0.1) is 5.41 Å². The Kier molecular flexibility index (Phi) is 4.48. The molecule has 19 heavy (non-hydrogen) atoms. The molecule has 0 unspecified atom stereocenters. The van der Waals surface area contributed by atoms with Gasteiger partial charge in [-0.05, 0) is 34.8 Å². The van der Waals surface area contributed by atoms with E-state index in [0.29, 0.717) is 28.8 Å². The zero-order valence-corrected chi connectivity index (χ0v) is 13.1. The van der Waals surface area contributed by atoms with E-state index >= 15 is 0 Å². The van der Waals surface area contributed by atoms with Gasteiger partial charge >= 0.3 is 0 Å². The van der Waals surface area contributed by atoms with Gasteiger partial charge in [0.1, 0.15) is 11.6 Å². The molecule has 4 nitrogen and oxygen atoms in total. The van der Waals surface area contributed by atoms with Crippen molar-refractivity contribution in [3.63, 3.8) is 0 Å². The van der Waals surface area contributed by atoms with Gasteiger partial charge in [0.25, 0.3) is 0 Å². The van der Waals surface area contributed by atoms with Crippen molar-refractivity contribution in [1.29, 1.82) is 0 Å². The maximum Gasteiger partial charge on any atom is 0.139 e. The largest absolute Gasteiger partial charge is 0.491 e. The number of ether oxygens (including phenoxy) is 1. The summed E-state index contributed by atoms with van der Waals surface area (Å²) in [6, 6.07) is 3.37. The predicted octanol–water partition coefficient (Wildman–Crippen LogP) is 4.05. The first-order valence-corrected chi connectivity index (χ1v) is 7.24. The van der Waals surface area contributed by atoms with Crippen molar-refractivity contribution in [3.05, 3.63) is 26.7 Å². The summed E-state index contributed by atoms with van der Waals surface area (Å²) in [7, 11) is 0. The third-order valence-corrected chi connectivity index (χ3v) is 4.64. The van der Waals surface area contributed by atoms with Gasteiger partial charge in [-0.1, -0.05) is 28.4 Å². The van der Waals surface area contributed by atoms with Crippen molar-refractivity contribution in [2.45, 2.75) is 19.3 Å². The van der Waals surface area contributed by atoms with Gasteiger partial charge in [0.05, 0.1) is 16.7 Å². The van der Waals surface area contributed by atoms with Gasteiger partial charge in [0.15, 0.2) is 0 Å². The second kappa shape index (κ2) is 5.77. The molecular formula is C12H13BrCl2N2O2. The first-order chi connectivity index (χ1) is 8.96. The Hall–Kier alpha value is -0.650. The number of hydrogen-bond acceptors (Lipinski definition) is 3. The fourth-order valence-corrected chi connectivity index (χ4v) is 2.66. The summed E-state index contributed by atoms with van der Waals surface area (Å²) < 4.78 is 6.44. The van der Waals surface area contributed by atoms with Crippen LogP contribution in [-0.2, 0) is 0 Å². The van der Waals surface area contributed by atoms with E-state index in [1.807, 2.05) is 0 Å². The molecule has 104 valence electrons. The minimum Gasteiger partial charge on any atom is -0.491 e. The fraction of sp³-hybridized carbons (Fsp3) is 0.417. The number of oxime groups is 1. The van der Waals surface area contributed by atoms with E-state index in [1.165, 1.54) is 0 Å². The average Bonchev–Trinajstić information content (AvgIpc) is 3.12. The molecule has 0 heterocycles. The molecule has 0 bridgehead atoms. The topological polar surface area (TPSA) is 67.8 Å². The molecule has 1 aliphatic rings. The third kappa shape index (κ3) is 3.68. The molecule has 0 amide bonds. The number of hydrogen-bond donors (Lipinski definition) is 2. The molecule has 0 spiro atoms. The molecule has 0 saturated heterocycles. The molecule has 0 radical (unpaired) electrons. The first kappa shape index (κ1) is 14.8. The number of nitrogens with two attached hydrogens (primary N) is 1. The smallest absolute Gasteiger partial charge is 0.139 e. The summed E-state index contributed by atoms with van der Waals surface area (Å²) in [6.07, 6.45) is 2.50. The van der Waals surface area contributed by atoms with E-state index < -0.39 is 0 Å². The van der Waals surface area contributed by atoms with Gasteiger partial charge in [-0.3, -0.25) is 0 Å². The van der Waals surface area contributed by atoms with Crippen LogP contribution in [0.4, 0.5) is 0 Å². The van der Waals surface area contributed by atoms with Crippen molar-refractivity contribution < 1.29 is 9.94 Å². The van der Waals surface area contributed by atoms with Crippen LogP contribution in [0.25, 0.3) is 0 Å². The van der Waals surface area contributed by atoms with Gasteiger partial charge in [0.2, 0.25) is 0 Å². The highest BCUT2D eigenvalue weighted by Gasteiger charge is 2.44. The standard InChI is InChI=1S/C12H13BrCl2N2O2/c13-7-3-9(15)10(4-8(7)14)19-6-12(1-2-12)5-11(16)17-18/h3-4,18H,1-2,5-6H2,(H2,16,17). The summed E-state index contributed by atoms with van der Waals surface area (Å²) in [4.78, 5) is 0. The van der Waals surface area contributed by atoms with E-state index in [1.54, 1.807) is 12.1 Å².